The molecular weight excluding hydrogens is 290 g/mol. The number of hydrogen-bond donors (Lipinski definition) is 1. The van der Waals surface area contributed by atoms with E-state index in [0.717, 1.165) is 22.7 Å². The van der Waals surface area contributed by atoms with E-state index in [1.807, 2.05) is 62.4 Å². The molecule has 0 bridgehead atoms. The number of nitrogens with one attached hydrogen (secondary N) is 1. The lowest BCUT2D eigenvalue weighted by atomic mass is 10.2. The van der Waals surface area contributed by atoms with Gasteiger partial charge in [0.1, 0.15) is 11.5 Å². The molecule has 0 saturated heterocycles. The molecule has 0 fully saturated rings. The fourth-order valence-electron chi connectivity index (χ4n) is 2.06. The Morgan fingerprint density at radius 1 is 1.00 bits per heavy atom. The van der Waals surface area contributed by atoms with Gasteiger partial charge in [-0.1, -0.05) is 18.2 Å². The molecule has 120 valence electrons. The molecule has 0 aliphatic carbocycles. The molecule has 23 heavy (non-hydrogen) atoms. The predicted molar refractivity (Wildman–Crippen MR) is 92.9 cm³/mol. The van der Waals surface area contributed by atoms with Crippen molar-refractivity contribution >= 4 is 17.7 Å². The van der Waals surface area contributed by atoms with Gasteiger partial charge in [-0.15, -0.1) is 0 Å². The number of benzene rings is 2. The van der Waals surface area contributed by atoms with Crippen molar-refractivity contribution in [1.29, 1.82) is 0 Å². The molecule has 0 aliphatic heterocycles. The summed E-state index contributed by atoms with van der Waals surface area (Å²) in [6.45, 7) is 5.07. The molecule has 0 radical (unpaired) electrons. The molecule has 0 atom stereocenters. The Labute approximate surface area is 136 Å². The first-order valence-electron chi connectivity index (χ1n) is 7.66. The highest BCUT2D eigenvalue weighted by Crippen LogP contribution is 2.20. The summed E-state index contributed by atoms with van der Waals surface area (Å²) in [6, 6.07) is 14.9. The Balaban J connectivity index is 1.99. The molecule has 0 heterocycles. The van der Waals surface area contributed by atoms with Gasteiger partial charge in [0, 0.05) is 17.3 Å². The number of hydrogen-bond acceptors (Lipinski definition) is 3. The Morgan fingerprint density at radius 3 is 2.39 bits per heavy atom. The second-order valence-corrected chi connectivity index (χ2v) is 4.75. The first-order valence-corrected chi connectivity index (χ1v) is 7.66. The topological polar surface area (TPSA) is 47.6 Å². The van der Waals surface area contributed by atoms with E-state index in [1.54, 1.807) is 6.08 Å². The first kappa shape index (κ1) is 16.6. The summed E-state index contributed by atoms with van der Waals surface area (Å²) in [5.41, 5.74) is 1.59. The number of amides is 1. The van der Waals surface area contributed by atoms with Gasteiger partial charge < -0.3 is 14.8 Å². The Morgan fingerprint density at radius 2 is 1.70 bits per heavy atom. The molecule has 1 N–H and O–H groups in total. The molecule has 4 heteroatoms. The molecule has 2 aromatic rings. The highest BCUT2D eigenvalue weighted by Gasteiger charge is 2.01. The van der Waals surface area contributed by atoms with E-state index in [9.17, 15) is 4.79 Å². The van der Waals surface area contributed by atoms with Gasteiger partial charge in [-0.25, -0.2) is 0 Å². The van der Waals surface area contributed by atoms with E-state index >= 15 is 0 Å². The van der Waals surface area contributed by atoms with Crippen molar-refractivity contribution in [2.24, 2.45) is 0 Å². The number of ether oxygens (including phenoxy) is 2. The van der Waals surface area contributed by atoms with Crippen LogP contribution in [0.1, 0.15) is 19.4 Å². The van der Waals surface area contributed by atoms with Crippen LogP contribution in [-0.2, 0) is 4.79 Å². The third-order valence-corrected chi connectivity index (χ3v) is 3.07. The fourth-order valence-corrected chi connectivity index (χ4v) is 2.06. The van der Waals surface area contributed by atoms with Crippen LogP contribution in [0.25, 0.3) is 6.08 Å². The molecule has 2 aromatic carbocycles. The molecule has 0 aromatic heterocycles. The molecular formula is C19H21NO3. The Hall–Kier alpha value is -2.75. The average Bonchev–Trinajstić information content (AvgIpc) is 2.56. The summed E-state index contributed by atoms with van der Waals surface area (Å²) >= 11 is 0. The third-order valence-electron chi connectivity index (χ3n) is 3.07. The summed E-state index contributed by atoms with van der Waals surface area (Å²) in [5.74, 6) is 1.35. The number of rotatable bonds is 7. The monoisotopic (exact) mass is 311 g/mol. The van der Waals surface area contributed by atoms with Crippen LogP contribution in [0.15, 0.2) is 54.6 Å². The minimum absolute atomic E-state index is 0.194. The molecule has 4 nitrogen and oxygen atoms in total. The van der Waals surface area contributed by atoms with Crippen molar-refractivity contribution in [3.05, 3.63) is 60.2 Å². The van der Waals surface area contributed by atoms with Gasteiger partial charge >= 0.3 is 0 Å². The molecule has 0 aliphatic rings. The Bertz CT molecular complexity index is 663. The number of carbonyl (C=O) groups is 1. The van der Waals surface area contributed by atoms with Crippen molar-refractivity contribution < 1.29 is 14.3 Å². The van der Waals surface area contributed by atoms with Crippen LogP contribution < -0.4 is 14.8 Å². The van der Waals surface area contributed by atoms with Gasteiger partial charge in [0.25, 0.3) is 0 Å². The Kier molecular flexibility index (Phi) is 6.24. The van der Waals surface area contributed by atoms with Crippen LogP contribution in [0, 0.1) is 0 Å². The first-order chi connectivity index (χ1) is 11.2. The van der Waals surface area contributed by atoms with Crippen molar-refractivity contribution in [3.8, 4) is 11.5 Å². The van der Waals surface area contributed by atoms with E-state index in [4.69, 9.17) is 9.47 Å². The summed E-state index contributed by atoms with van der Waals surface area (Å²) in [7, 11) is 0. The lowest BCUT2D eigenvalue weighted by molar-refractivity contribution is -0.111. The summed E-state index contributed by atoms with van der Waals surface area (Å²) < 4.78 is 10.9. The quantitative estimate of drug-likeness (QED) is 0.782. The highest BCUT2D eigenvalue weighted by atomic mass is 16.5. The van der Waals surface area contributed by atoms with Gasteiger partial charge in [-0.2, -0.15) is 0 Å². The van der Waals surface area contributed by atoms with Gasteiger partial charge in [0.15, 0.2) is 0 Å². The van der Waals surface area contributed by atoms with Crippen LogP contribution in [-0.4, -0.2) is 19.1 Å². The number of anilines is 1. The summed E-state index contributed by atoms with van der Waals surface area (Å²) in [5, 5.41) is 2.81. The molecule has 0 spiro atoms. The maximum absolute atomic E-state index is 12.0. The zero-order chi connectivity index (χ0) is 16.5. The average molecular weight is 311 g/mol. The summed E-state index contributed by atoms with van der Waals surface area (Å²) in [6.07, 6.45) is 3.24. The zero-order valence-corrected chi connectivity index (χ0v) is 13.4. The van der Waals surface area contributed by atoms with E-state index in [0.29, 0.717) is 13.2 Å². The van der Waals surface area contributed by atoms with Crippen LogP contribution in [0.3, 0.4) is 0 Å². The number of carbonyl (C=O) groups excluding carboxylic acids is 1. The largest absolute Gasteiger partial charge is 0.494 e. The van der Waals surface area contributed by atoms with E-state index in [-0.39, 0.29) is 5.91 Å². The second kappa shape index (κ2) is 8.63. The van der Waals surface area contributed by atoms with E-state index < -0.39 is 0 Å². The van der Waals surface area contributed by atoms with Crippen LogP contribution in [0.2, 0.25) is 0 Å². The molecule has 0 saturated carbocycles. The van der Waals surface area contributed by atoms with Crippen molar-refractivity contribution in [3.63, 3.8) is 0 Å². The predicted octanol–water partition coefficient (Wildman–Crippen LogP) is 4.14. The second-order valence-electron chi connectivity index (χ2n) is 4.75. The van der Waals surface area contributed by atoms with Crippen LogP contribution >= 0.6 is 0 Å². The number of para-hydroxylation sites is 1. The minimum atomic E-state index is -0.194. The lowest BCUT2D eigenvalue weighted by Gasteiger charge is -2.07. The van der Waals surface area contributed by atoms with Gasteiger partial charge in [0.05, 0.1) is 13.2 Å². The zero-order valence-electron chi connectivity index (χ0n) is 13.4. The smallest absolute Gasteiger partial charge is 0.248 e. The normalized spacial score (nSPS) is 10.5. The van der Waals surface area contributed by atoms with Crippen molar-refractivity contribution in [2.45, 2.75) is 13.8 Å². The minimum Gasteiger partial charge on any atom is -0.494 e. The van der Waals surface area contributed by atoms with Gasteiger partial charge in [-0.05, 0) is 50.3 Å². The standard InChI is InChI=1S/C19H21NO3/c1-3-22-17-12-10-16(11-13-17)20-19(21)14-9-15-7-5-6-8-18(15)23-4-2/h5-14H,3-4H2,1-2H3,(H,20,21)/b14-9+. The molecule has 2 rings (SSSR count). The molecule has 0 unspecified atom stereocenters. The fraction of sp³-hybridized carbons (Fsp3) is 0.211. The maximum atomic E-state index is 12.0. The molecule has 1 amide bonds. The van der Waals surface area contributed by atoms with Crippen LogP contribution in [0.4, 0.5) is 5.69 Å². The SMILES string of the molecule is CCOc1ccc(NC(=O)/C=C/c2ccccc2OCC)cc1. The van der Waals surface area contributed by atoms with Crippen molar-refractivity contribution in [2.75, 3.05) is 18.5 Å². The van der Waals surface area contributed by atoms with Crippen LogP contribution in [0.5, 0.6) is 11.5 Å². The highest BCUT2D eigenvalue weighted by molar-refractivity contribution is 6.02. The maximum Gasteiger partial charge on any atom is 0.248 e. The van der Waals surface area contributed by atoms with Gasteiger partial charge in [-0.3, -0.25) is 4.79 Å². The van der Waals surface area contributed by atoms with E-state index in [1.165, 1.54) is 6.08 Å². The van der Waals surface area contributed by atoms with Crippen molar-refractivity contribution in [1.82, 2.24) is 0 Å². The van der Waals surface area contributed by atoms with E-state index in [2.05, 4.69) is 5.32 Å². The van der Waals surface area contributed by atoms with Gasteiger partial charge in [0.2, 0.25) is 5.91 Å². The summed E-state index contributed by atoms with van der Waals surface area (Å²) in [4.78, 5) is 12.0. The third kappa shape index (κ3) is 5.18. The lowest BCUT2D eigenvalue weighted by Crippen LogP contribution is -2.07.